The second-order valence-electron chi connectivity index (χ2n) is 2.41. The maximum Gasteiger partial charge on any atom is 0.248 e. The fourth-order valence-corrected chi connectivity index (χ4v) is 1.10. The third-order valence-corrected chi connectivity index (χ3v) is 1.63. The number of aromatic nitrogens is 1. The van der Waals surface area contributed by atoms with Crippen molar-refractivity contribution < 1.29 is 0 Å². The Hall–Kier alpha value is -0.771. The molecule has 2 aromatic rings. The summed E-state index contributed by atoms with van der Waals surface area (Å²) in [4.78, 5) is 13.6. The fraction of sp³-hybridized carbons (Fsp3) is 0. The smallest absolute Gasteiger partial charge is 0.248 e. The van der Waals surface area contributed by atoms with Crippen LogP contribution in [0.25, 0.3) is 10.9 Å². The first-order valence-corrected chi connectivity index (χ1v) is 3.44. The summed E-state index contributed by atoms with van der Waals surface area (Å²) in [5, 5.41) is 1.06. The zero-order valence-corrected chi connectivity index (χ0v) is 9.23. The van der Waals surface area contributed by atoms with Gasteiger partial charge < -0.3 is 4.98 Å². The van der Waals surface area contributed by atoms with E-state index in [2.05, 4.69) is 4.98 Å². The Kier molecular flexibility index (Phi) is 2.92. The monoisotopic (exact) mass is 265 g/mol. The van der Waals surface area contributed by atoms with Gasteiger partial charge in [-0.3, -0.25) is 4.79 Å². The van der Waals surface area contributed by atoms with E-state index in [4.69, 9.17) is 0 Å². The molecule has 2 rings (SSSR count). The van der Waals surface area contributed by atoms with Crippen molar-refractivity contribution in [3.05, 3.63) is 46.8 Å². The normalized spacial score (nSPS) is 9.33. The van der Waals surface area contributed by atoms with Crippen molar-refractivity contribution in [3.63, 3.8) is 0 Å². The van der Waals surface area contributed by atoms with Crippen LogP contribution in [-0.4, -0.2) is 28.9 Å². The Bertz CT molecular complexity index is 435. The summed E-state index contributed by atoms with van der Waals surface area (Å²) in [6.07, 6.45) is 0. The number of para-hydroxylation sites is 1. The molecule has 3 heteroatoms. The largest absolute Gasteiger partial charge is 0.322 e. The minimum atomic E-state index is -0.0521. The van der Waals surface area contributed by atoms with Gasteiger partial charge in [-0.2, -0.15) is 0 Å². The van der Waals surface area contributed by atoms with Crippen LogP contribution in [0.15, 0.2) is 41.2 Å². The molecule has 2 nitrogen and oxygen atoms in total. The van der Waals surface area contributed by atoms with Crippen LogP contribution in [0.5, 0.6) is 0 Å². The van der Waals surface area contributed by atoms with Crippen molar-refractivity contribution in [2.45, 2.75) is 0 Å². The molecule has 1 aromatic heterocycles. The van der Waals surface area contributed by atoms with Crippen molar-refractivity contribution >= 4 is 34.8 Å². The van der Waals surface area contributed by atoms with Crippen LogP contribution in [0, 0.1) is 0 Å². The molecule has 0 bridgehead atoms. The maximum absolute atomic E-state index is 10.8. The molecule has 0 fully saturated rings. The van der Waals surface area contributed by atoms with Crippen LogP contribution in [0.2, 0.25) is 0 Å². The molecule has 4 radical (unpaired) electrons. The number of hydrogen-bond donors (Lipinski definition) is 1. The van der Waals surface area contributed by atoms with E-state index >= 15 is 0 Å². The SMILES string of the molecule is O=c1ccc2ccccc2[nH]1.[Sn]. The maximum atomic E-state index is 10.8. The molecule has 0 aliphatic carbocycles. The average molecular weight is 264 g/mol. The van der Waals surface area contributed by atoms with E-state index in [1.165, 1.54) is 6.07 Å². The number of pyridine rings is 1. The van der Waals surface area contributed by atoms with Gasteiger partial charge in [-0.05, 0) is 17.5 Å². The quantitative estimate of drug-likeness (QED) is 0.711. The van der Waals surface area contributed by atoms with Crippen LogP contribution in [0.3, 0.4) is 0 Å². The standard InChI is InChI=1S/C9H7NO.Sn/c11-9-6-5-7-3-1-2-4-8(7)10-9;/h1-6H,(H,10,11);. The molecule has 0 amide bonds. The Balaban J connectivity index is 0.000000720. The summed E-state index contributed by atoms with van der Waals surface area (Å²) in [5.41, 5.74) is 0.837. The second kappa shape index (κ2) is 3.76. The van der Waals surface area contributed by atoms with Crippen LogP contribution < -0.4 is 5.56 Å². The van der Waals surface area contributed by atoms with Crippen molar-refractivity contribution in [2.24, 2.45) is 0 Å². The number of benzene rings is 1. The molecule has 0 aliphatic heterocycles. The van der Waals surface area contributed by atoms with Gasteiger partial charge in [0.2, 0.25) is 5.56 Å². The predicted molar refractivity (Wildman–Crippen MR) is 50.3 cm³/mol. The summed E-state index contributed by atoms with van der Waals surface area (Å²) in [5.74, 6) is 0. The molecule has 0 aliphatic rings. The van der Waals surface area contributed by atoms with Crippen LogP contribution >= 0.6 is 0 Å². The first kappa shape index (κ1) is 9.32. The van der Waals surface area contributed by atoms with E-state index in [1.54, 1.807) is 0 Å². The van der Waals surface area contributed by atoms with Crippen molar-refractivity contribution in [2.75, 3.05) is 0 Å². The van der Waals surface area contributed by atoms with E-state index in [0.717, 1.165) is 10.9 Å². The molecule has 1 heterocycles. The summed E-state index contributed by atoms with van der Waals surface area (Å²) >= 11 is 0. The Morgan fingerprint density at radius 3 is 2.58 bits per heavy atom. The number of nitrogens with one attached hydrogen (secondary N) is 1. The van der Waals surface area contributed by atoms with Gasteiger partial charge in [-0.15, -0.1) is 0 Å². The van der Waals surface area contributed by atoms with Crippen molar-refractivity contribution in [1.82, 2.24) is 4.98 Å². The molecule has 12 heavy (non-hydrogen) atoms. The van der Waals surface area contributed by atoms with Gasteiger partial charge in [0.1, 0.15) is 0 Å². The Labute approximate surface area is 86.6 Å². The predicted octanol–water partition coefficient (Wildman–Crippen LogP) is 1.15. The van der Waals surface area contributed by atoms with Gasteiger partial charge in [-0.1, -0.05) is 18.2 Å². The van der Waals surface area contributed by atoms with Gasteiger partial charge in [0.05, 0.1) is 0 Å². The number of rotatable bonds is 0. The van der Waals surface area contributed by atoms with Gasteiger partial charge >= 0.3 is 0 Å². The molecule has 0 unspecified atom stereocenters. The average Bonchev–Trinajstić information content (AvgIpc) is 2.04. The minimum Gasteiger partial charge on any atom is -0.322 e. The molecule has 1 aromatic carbocycles. The first-order chi connectivity index (χ1) is 5.36. The summed E-state index contributed by atoms with van der Waals surface area (Å²) in [6.45, 7) is 0. The van der Waals surface area contributed by atoms with E-state index in [-0.39, 0.29) is 29.5 Å². The topological polar surface area (TPSA) is 32.9 Å². The fourth-order valence-electron chi connectivity index (χ4n) is 1.10. The van der Waals surface area contributed by atoms with Crippen molar-refractivity contribution in [3.8, 4) is 0 Å². The van der Waals surface area contributed by atoms with E-state index < -0.39 is 0 Å². The van der Waals surface area contributed by atoms with Crippen LogP contribution in [-0.2, 0) is 0 Å². The molecule has 0 spiro atoms. The van der Waals surface area contributed by atoms with E-state index in [1.807, 2.05) is 30.3 Å². The number of fused-ring (bicyclic) bond motifs is 1. The zero-order valence-electron chi connectivity index (χ0n) is 6.37. The summed E-state index contributed by atoms with van der Waals surface area (Å²) in [7, 11) is 0. The summed E-state index contributed by atoms with van der Waals surface area (Å²) < 4.78 is 0. The molecule has 0 saturated carbocycles. The third-order valence-electron chi connectivity index (χ3n) is 1.63. The second-order valence-corrected chi connectivity index (χ2v) is 2.41. The molecule has 0 atom stereocenters. The molecule has 58 valence electrons. The van der Waals surface area contributed by atoms with Crippen LogP contribution in [0.4, 0.5) is 0 Å². The van der Waals surface area contributed by atoms with Gasteiger partial charge in [0.15, 0.2) is 0 Å². The molecular formula is C9H7NOSn. The van der Waals surface area contributed by atoms with Crippen LogP contribution in [0.1, 0.15) is 0 Å². The van der Waals surface area contributed by atoms with Crippen molar-refractivity contribution in [1.29, 1.82) is 0 Å². The third kappa shape index (κ3) is 1.69. The molecular weight excluding hydrogens is 257 g/mol. The van der Waals surface area contributed by atoms with E-state index in [0.29, 0.717) is 0 Å². The molecule has 1 N–H and O–H groups in total. The number of H-pyrrole nitrogens is 1. The molecule has 0 saturated heterocycles. The number of aromatic amines is 1. The Morgan fingerprint density at radius 1 is 1.00 bits per heavy atom. The first-order valence-electron chi connectivity index (χ1n) is 3.44. The van der Waals surface area contributed by atoms with E-state index in [9.17, 15) is 4.79 Å². The van der Waals surface area contributed by atoms with Gasteiger partial charge in [0, 0.05) is 35.5 Å². The summed E-state index contributed by atoms with van der Waals surface area (Å²) in [6, 6.07) is 11.0. The minimum absolute atomic E-state index is 0. The van der Waals surface area contributed by atoms with Gasteiger partial charge in [-0.25, -0.2) is 0 Å². The zero-order chi connectivity index (χ0) is 7.68. The van der Waals surface area contributed by atoms with Gasteiger partial charge in [0.25, 0.3) is 0 Å². The number of hydrogen-bond acceptors (Lipinski definition) is 1. The Morgan fingerprint density at radius 2 is 1.75 bits per heavy atom.